The zero-order chi connectivity index (χ0) is 14.2. The molecule has 0 rings (SSSR count). The summed E-state index contributed by atoms with van der Waals surface area (Å²) in [6, 6.07) is 0. The van der Waals surface area contributed by atoms with Crippen LogP contribution in [0.4, 0.5) is 0 Å². The van der Waals surface area contributed by atoms with Crippen LogP contribution in [0.2, 0.25) is 0 Å². The number of carboxylic acid groups (broad SMARTS) is 2. The largest absolute Gasteiger partial charge is 0.478 e. The standard InChI is InChI=1S/C12H20O6/c1-3-4-5-6-7-8-9(13)18-12(2,10(14)15)11(16)17/h3-8H2,1-2H3,(H,14,15)(H,16,17). The number of hydrogen-bond donors (Lipinski definition) is 2. The molecule has 104 valence electrons. The second kappa shape index (κ2) is 7.68. The molecule has 0 aliphatic carbocycles. The fraction of sp³-hybridized carbons (Fsp3) is 0.750. The summed E-state index contributed by atoms with van der Waals surface area (Å²) in [6.07, 6.45) is 4.63. The molecule has 0 fully saturated rings. The molecular weight excluding hydrogens is 240 g/mol. The van der Waals surface area contributed by atoms with Gasteiger partial charge in [0.25, 0.3) is 0 Å². The summed E-state index contributed by atoms with van der Waals surface area (Å²) in [7, 11) is 0. The first-order valence-electron chi connectivity index (χ1n) is 6.03. The van der Waals surface area contributed by atoms with Crippen molar-refractivity contribution in [3.63, 3.8) is 0 Å². The molecule has 0 radical (unpaired) electrons. The zero-order valence-electron chi connectivity index (χ0n) is 10.8. The Morgan fingerprint density at radius 1 is 1.00 bits per heavy atom. The fourth-order valence-electron chi connectivity index (χ4n) is 1.33. The van der Waals surface area contributed by atoms with Gasteiger partial charge in [-0.15, -0.1) is 0 Å². The van der Waals surface area contributed by atoms with Gasteiger partial charge in [-0.1, -0.05) is 32.6 Å². The van der Waals surface area contributed by atoms with Crippen LogP contribution in [-0.2, 0) is 19.1 Å². The summed E-state index contributed by atoms with van der Waals surface area (Å²) in [5.41, 5.74) is -2.50. The molecule has 0 saturated carbocycles. The van der Waals surface area contributed by atoms with Crippen LogP contribution >= 0.6 is 0 Å². The van der Waals surface area contributed by atoms with Gasteiger partial charge in [-0.25, -0.2) is 9.59 Å². The highest BCUT2D eigenvalue weighted by atomic mass is 16.6. The Labute approximate surface area is 106 Å². The molecule has 0 bridgehead atoms. The number of unbranched alkanes of at least 4 members (excludes halogenated alkanes) is 4. The number of hydrogen-bond acceptors (Lipinski definition) is 4. The lowest BCUT2D eigenvalue weighted by molar-refractivity contribution is -0.188. The first-order chi connectivity index (χ1) is 8.34. The number of carbonyl (C=O) groups excluding carboxylic acids is 1. The van der Waals surface area contributed by atoms with Crippen LogP contribution in [0.3, 0.4) is 0 Å². The number of esters is 1. The number of carbonyl (C=O) groups is 3. The Bertz CT molecular complexity index is 296. The number of carboxylic acids is 2. The van der Waals surface area contributed by atoms with Crippen LogP contribution in [0.5, 0.6) is 0 Å². The first-order valence-corrected chi connectivity index (χ1v) is 6.03. The molecule has 0 unspecified atom stereocenters. The van der Waals surface area contributed by atoms with Gasteiger partial charge >= 0.3 is 23.5 Å². The summed E-state index contributed by atoms with van der Waals surface area (Å²) in [4.78, 5) is 32.9. The molecule has 0 aliphatic heterocycles. The first kappa shape index (κ1) is 16.4. The second-order valence-electron chi connectivity index (χ2n) is 4.28. The molecule has 6 heteroatoms. The van der Waals surface area contributed by atoms with Crippen LogP contribution in [0.25, 0.3) is 0 Å². The zero-order valence-corrected chi connectivity index (χ0v) is 10.8. The van der Waals surface area contributed by atoms with Gasteiger partial charge in [0.05, 0.1) is 0 Å². The molecule has 0 saturated heterocycles. The van der Waals surface area contributed by atoms with Gasteiger partial charge in [-0.3, -0.25) is 4.79 Å². The molecule has 0 spiro atoms. The van der Waals surface area contributed by atoms with Gasteiger partial charge in [-0.05, 0) is 13.3 Å². The summed E-state index contributed by atoms with van der Waals surface area (Å²) < 4.78 is 4.53. The van der Waals surface area contributed by atoms with E-state index in [2.05, 4.69) is 11.7 Å². The van der Waals surface area contributed by atoms with Gasteiger partial charge in [0, 0.05) is 6.42 Å². The number of aliphatic carboxylic acids is 2. The minimum absolute atomic E-state index is 0.0415. The maximum atomic E-state index is 11.4. The van der Waals surface area contributed by atoms with Crippen LogP contribution in [0, 0.1) is 0 Å². The van der Waals surface area contributed by atoms with E-state index in [-0.39, 0.29) is 6.42 Å². The average molecular weight is 260 g/mol. The average Bonchev–Trinajstić information content (AvgIpc) is 2.28. The smallest absolute Gasteiger partial charge is 0.359 e. The van der Waals surface area contributed by atoms with Crippen LogP contribution in [0.1, 0.15) is 52.4 Å². The van der Waals surface area contributed by atoms with E-state index in [0.717, 1.165) is 32.6 Å². The number of ether oxygens (including phenoxy) is 1. The Hall–Kier alpha value is -1.59. The van der Waals surface area contributed by atoms with Gasteiger partial charge in [-0.2, -0.15) is 0 Å². The Kier molecular flexibility index (Phi) is 7.00. The third kappa shape index (κ3) is 5.16. The van der Waals surface area contributed by atoms with E-state index in [4.69, 9.17) is 10.2 Å². The molecule has 18 heavy (non-hydrogen) atoms. The summed E-state index contributed by atoms with van der Waals surface area (Å²) in [5.74, 6) is -4.16. The summed E-state index contributed by atoms with van der Waals surface area (Å²) in [6.45, 7) is 2.92. The van der Waals surface area contributed by atoms with Gasteiger partial charge in [0.2, 0.25) is 0 Å². The van der Waals surface area contributed by atoms with Crippen molar-refractivity contribution in [3.05, 3.63) is 0 Å². The van der Waals surface area contributed by atoms with E-state index < -0.39 is 23.5 Å². The number of rotatable bonds is 9. The molecule has 0 aromatic carbocycles. The molecule has 2 N–H and O–H groups in total. The summed E-state index contributed by atoms with van der Waals surface area (Å²) in [5, 5.41) is 17.5. The fourth-order valence-corrected chi connectivity index (χ4v) is 1.33. The van der Waals surface area contributed by atoms with Crippen molar-refractivity contribution in [2.45, 2.75) is 58.0 Å². The minimum Gasteiger partial charge on any atom is -0.478 e. The maximum absolute atomic E-state index is 11.4. The van der Waals surface area contributed by atoms with Crippen LogP contribution in [-0.4, -0.2) is 33.7 Å². The quantitative estimate of drug-likeness (QED) is 0.372. The Morgan fingerprint density at radius 2 is 1.50 bits per heavy atom. The predicted octanol–water partition coefficient (Wildman–Crippen LogP) is 1.82. The molecule has 6 nitrogen and oxygen atoms in total. The normalized spacial score (nSPS) is 11.0. The molecule has 0 atom stereocenters. The van der Waals surface area contributed by atoms with Crippen molar-refractivity contribution in [3.8, 4) is 0 Å². The van der Waals surface area contributed by atoms with Crippen molar-refractivity contribution in [2.24, 2.45) is 0 Å². The second-order valence-corrected chi connectivity index (χ2v) is 4.28. The topological polar surface area (TPSA) is 101 Å². The lowest BCUT2D eigenvalue weighted by Gasteiger charge is -2.20. The Morgan fingerprint density at radius 3 is 1.94 bits per heavy atom. The highest BCUT2D eigenvalue weighted by molar-refractivity contribution is 6.03. The molecule has 0 aliphatic rings. The van der Waals surface area contributed by atoms with E-state index in [0.29, 0.717) is 6.42 Å². The van der Waals surface area contributed by atoms with E-state index in [9.17, 15) is 14.4 Å². The van der Waals surface area contributed by atoms with Crippen molar-refractivity contribution in [1.29, 1.82) is 0 Å². The highest BCUT2D eigenvalue weighted by Gasteiger charge is 2.45. The Balaban J connectivity index is 4.13. The van der Waals surface area contributed by atoms with Gasteiger partial charge in [0.15, 0.2) is 0 Å². The van der Waals surface area contributed by atoms with E-state index in [1.54, 1.807) is 0 Å². The molecule has 0 aromatic rings. The molecule has 0 heterocycles. The maximum Gasteiger partial charge on any atom is 0.359 e. The van der Waals surface area contributed by atoms with E-state index >= 15 is 0 Å². The highest BCUT2D eigenvalue weighted by Crippen LogP contribution is 2.14. The van der Waals surface area contributed by atoms with Gasteiger partial charge < -0.3 is 14.9 Å². The third-order valence-electron chi connectivity index (χ3n) is 2.62. The predicted molar refractivity (Wildman–Crippen MR) is 63.1 cm³/mol. The summed E-state index contributed by atoms with van der Waals surface area (Å²) >= 11 is 0. The van der Waals surface area contributed by atoms with Crippen molar-refractivity contribution >= 4 is 17.9 Å². The molecule has 0 aromatic heterocycles. The molecule has 0 amide bonds. The monoisotopic (exact) mass is 260 g/mol. The molecular formula is C12H20O6. The van der Waals surface area contributed by atoms with Crippen molar-refractivity contribution in [1.82, 2.24) is 0 Å². The SMILES string of the molecule is CCCCCCCC(=O)OC(C)(C(=O)O)C(=O)O. The van der Waals surface area contributed by atoms with Crippen molar-refractivity contribution < 1.29 is 29.3 Å². The van der Waals surface area contributed by atoms with E-state index in [1.165, 1.54) is 0 Å². The van der Waals surface area contributed by atoms with Crippen LogP contribution in [0.15, 0.2) is 0 Å². The minimum atomic E-state index is -2.50. The van der Waals surface area contributed by atoms with E-state index in [1.807, 2.05) is 0 Å². The van der Waals surface area contributed by atoms with Crippen LogP contribution < -0.4 is 0 Å². The van der Waals surface area contributed by atoms with Crippen molar-refractivity contribution in [2.75, 3.05) is 0 Å². The lowest BCUT2D eigenvalue weighted by Crippen LogP contribution is -2.47. The third-order valence-corrected chi connectivity index (χ3v) is 2.62. The van der Waals surface area contributed by atoms with Gasteiger partial charge in [0.1, 0.15) is 0 Å². The lowest BCUT2D eigenvalue weighted by atomic mass is 10.1.